The summed E-state index contributed by atoms with van der Waals surface area (Å²) in [7, 11) is 0. The third kappa shape index (κ3) is 4.29. The van der Waals surface area contributed by atoms with Crippen molar-refractivity contribution in [3.05, 3.63) is 46.9 Å². The van der Waals surface area contributed by atoms with Crippen LogP contribution in [0.5, 0.6) is 0 Å². The molecule has 2 rings (SSSR count). The number of hydrogen-bond acceptors (Lipinski definition) is 4. The van der Waals surface area contributed by atoms with E-state index in [1.807, 2.05) is 13.8 Å². The number of aromatic nitrogens is 1. The van der Waals surface area contributed by atoms with Gasteiger partial charge in [-0.1, -0.05) is 5.16 Å². The fraction of sp³-hybridized carbons (Fsp3) is 0.286. The Balaban J connectivity index is 1.85. The van der Waals surface area contributed by atoms with Crippen LogP contribution in [0.2, 0.25) is 0 Å². The number of amides is 1. The van der Waals surface area contributed by atoms with Crippen LogP contribution in [0.15, 0.2) is 22.7 Å². The van der Waals surface area contributed by atoms with Crippen molar-refractivity contribution in [3.63, 3.8) is 0 Å². The third-order valence-corrected chi connectivity index (χ3v) is 3.77. The van der Waals surface area contributed by atoms with Crippen molar-refractivity contribution < 1.29 is 18.1 Å². The van der Waals surface area contributed by atoms with E-state index < -0.39 is 11.6 Å². The number of rotatable bonds is 5. The fourth-order valence-electron chi connectivity index (χ4n) is 1.78. The smallest absolute Gasteiger partial charge is 0.234 e. The molecule has 0 unspecified atom stereocenters. The molecule has 1 N–H and O–H groups in total. The van der Waals surface area contributed by atoms with E-state index in [4.69, 9.17) is 4.52 Å². The number of carbonyl (C=O) groups is 1. The lowest BCUT2D eigenvalue weighted by atomic mass is 10.2. The molecule has 0 aliphatic rings. The van der Waals surface area contributed by atoms with Crippen LogP contribution in [0, 0.1) is 25.5 Å². The van der Waals surface area contributed by atoms with Gasteiger partial charge in [0.1, 0.15) is 17.4 Å². The molecule has 0 fully saturated rings. The Morgan fingerprint density at radius 2 is 1.95 bits per heavy atom. The molecule has 7 heteroatoms. The lowest BCUT2D eigenvalue weighted by molar-refractivity contribution is -0.113. The topological polar surface area (TPSA) is 55.1 Å². The van der Waals surface area contributed by atoms with Crippen LogP contribution in [-0.4, -0.2) is 16.8 Å². The summed E-state index contributed by atoms with van der Waals surface area (Å²) in [4.78, 5) is 11.7. The highest BCUT2D eigenvalue weighted by molar-refractivity contribution is 7.99. The maximum Gasteiger partial charge on any atom is 0.234 e. The molecule has 112 valence electrons. The van der Waals surface area contributed by atoms with E-state index in [2.05, 4.69) is 10.5 Å². The zero-order valence-corrected chi connectivity index (χ0v) is 12.4. The monoisotopic (exact) mass is 312 g/mol. The molecule has 0 bridgehead atoms. The number of nitrogens with zero attached hydrogens (tertiary/aromatic N) is 1. The molecule has 1 aromatic heterocycles. The molecule has 0 saturated carbocycles. The first-order chi connectivity index (χ1) is 9.95. The van der Waals surface area contributed by atoms with Crippen LogP contribution in [0.25, 0.3) is 0 Å². The quantitative estimate of drug-likeness (QED) is 0.919. The lowest BCUT2D eigenvalue weighted by Crippen LogP contribution is -2.14. The maximum atomic E-state index is 13.0. The minimum atomic E-state index is -0.728. The van der Waals surface area contributed by atoms with Gasteiger partial charge in [-0.15, -0.1) is 11.8 Å². The van der Waals surface area contributed by atoms with Gasteiger partial charge >= 0.3 is 0 Å². The Morgan fingerprint density at radius 3 is 2.52 bits per heavy atom. The van der Waals surface area contributed by atoms with Crippen LogP contribution in [0.3, 0.4) is 0 Å². The highest BCUT2D eigenvalue weighted by Gasteiger charge is 2.10. The standard InChI is InChI=1S/C14H14F2N2O2S/c1-8-13(9(2)20-18-8)6-21-7-14(19)17-12-4-10(15)3-11(16)5-12/h3-5H,6-7H2,1-2H3,(H,17,19). The zero-order chi connectivity index (χ0) is 15.4. The number of anilines is 1. The molecular formula is C14H14F2N2O2S. The summed E-state index contributed by atoms with van der Waals surface area (Å²) >= 11 is 1.38. The second-order valence-electron chi connectivity index (χ2n) is 4.50. The molecule has 4 nitrogen and oxygen atoms in total. The second-order valence-corrected chi connectivity index (χ2v) is 5.49. The van der Waals surface area contributed by atoms with Crippen molar-refractivity contribution in [1.82, 2.24) is 5.16 Å². The van der Waals surface area contributed by atoms with Gasteiger partial charge in [0, 0.05) is 23.1 Å². The molecule has 1 aromatic carbocycles. The van der Waals surface area contributed by atoms with E-state index in [0.29, 0.717) is 5.75 Å². The fourth-order valence-corrected chi connectivity index (χ4v) is 2.75. The molecule has 0 aliphatic heterocycles. The van der Waals surface area contributed by atoms with E-state index in [9.17, 15) is 13.6 Å². The number of halogens is 2. The highest BCUT2D eigenvalue weighted by atomic mass is 32.2. The third-order valence-electron chi connectivity index (χ3n) is 2.81. The van der Waals surface area contributed by atoms with Gasteiger partial charge in [0.05, 0.1) is 11.4 Å². The molecule has 0 atom stereocenters. The predicted molar refractivity (Wildman–Crippen MR) is 77.1 cm³/mol. The minimum absolute atomic E-state index is 0.107. The van der Waals surface area contributed by atoms with Gasteiger partial charge in [-0.25, -0.2) is 8.78 Å². The number of thioether (sulfide) groups is 1. The zero-order valence-electron chi connectivity index (χ0n) is 11.6. The first-order valence-corrected chi connectivity index (χ1v) is 7.36. The summed E-state index contributed by atoms with van der Waals surface area (Å²) in [5.74, 6) is -0.291. The summed E-state index contributed by atoms with van der Waals surface area (Å²) in [5.41, 5.74) is 1.87. The van der Waals surface area contributed by atoms with Crippen molar-refractivity contribution in [2.24, 2.45) is 0 Å². The van der Waals surface area contributed by atoms with Crippen LogP contribution in [0.4, 0.5) is 14.5 Å². The van der Waals surface area contributed by atoms with Gasteiger partial charge < -0.3 is 9.84 Å². The summed E-state index contributed by atoms with van der Waals surface area (Å²) in [6, 6.07) is 2.89. The maximum absolute atomic E-state index is 13.0. The van der Waals surface area contributed by atoms with Crippen LogP contribution < -0.4 is 5.32 Å². The number of aryl methyl sites for hydroxylation is 2. The predicted octanol–water partition coefficient (Wildman–Crippen LogP) is 3.44. The summed E-state index contributed by atoms with van der Waals surface area (Å²) in [5, 5.41) is 6.28. The van der Waals surface area contributed by atoms with Gasteiger partial charge in [0.15, 0.2) is 0 Å². The first kappa shape index (κ1) is 15.5. The normalized spacial score (nSPS) is 10.7. The Labute approximate surface area is 124 Å². The molecular weight excluding hydrogens is 298 g/mol. The van der Waals surface area contributed by atoms with Crippen molar-refractivity contribution in [2.45, 2.75) is 19.6 Å². The average molecular weight is 312 g/mol. The van der Waals surface area contributed by atoms with Gasteiger partial charge in [0.25, 0.3) is 0 Å². The highest BCUT2D eigenvalue weighted by Crippen LogP contribution is 2.20. The molecule has 1 amide bonds. The van der Waals surface area contributed by atoms with Gasteiger partial charge in [-0.3, -0.25) is 4.79 Å². The molecule has 0 radical (unpaired) electrons. The Bertz CT molecular complexity index is 619. The van der Waals surface area contributed by atoms with Crippen molar-refractivity contribution in [1.29, 1.82) is 0 Å². The van der Waals surface area contributed by atoms with E-state index in [1.165, 1.54) is 11.8 Å². The lowest BCUT2D eigenvalue weighted by Gasteiger charge is -2.05. The Kier molecular flexibility index (Phi) is 4.95. The Morgan fingerprint density at radius 1 is 1.29 bits per heavy atom. The Hall–Kier alpha value is -1.89. The SMILES string of the molecule is Cc1noc(C)c1CSCC(=O)Nc1cc(F)cc(F)c1. The average Bonchev–Trinajstić information content (AvgIpc) is 2.69. The summed E-state index contributed by atoms with van der Waals surface area (Å²) in [6.45, 7) is 3.65. The summed E-state index contributed by atoms with van der Waals surface area (Å²) < 4.78 is 31.0. The van der Waals surface area contributed by atoms with Crippen molar-refractivity contribution in [3.8, 4) is 0 Å². The first-order valence-electron chi connectivity index (χ1n) is 6.21. The molecule has 0 aliphatic carbocycles. The van der Waals surface area contributed by atoms with Gasteiger partial charge in [-0.2, -0.15) is 0 Å². The van der Waals surface area contributed by atoms with Gasteiger partial charge in [0.2, 0.25) is 5.91 Å². The summed E-state index contributed by atoms with van der Waals surface area (Å²) in [6.07, 6.45) is 0. The second kappa shape index (κ2) is 6.71. The number of benzene rings is 1. The number of nitrogens with one attached hydrogen (secondary N) is 1. The molecule has 2 aromatic rings. The van der Waals surface area contributed by atoms with Crippen molar-refractivity contribution >= 4 is 23.4 Å². The van der Waals surface area contributed by atoms with Crippen LogP contribution >= 0.6 is 11.8 Å². The molecule has 0 spiro atoms. The number of hydrogen-bond donors (Lipinski definition) is 1. The van der Waals surface area contributed by atoms with Gasteiger partial charge in [-0.05, 0) is 26.0 Å². The largest absolute Gasteiger partial charge is 0.361 e. The van der Waals surface area contributed by atoms with E-state index in [-0.39, 0.29) is 17.3 Å². The van der Waals surface area contributed by atoms with E-state index >= 15 is 0 Å². The van der Waals surface area contributed by atoms with E-state index in [1.54, 1.807) is 0 Å². The molecule has 1 heterocycles. The number of carbonyl (C=O) groups excluding carboxylic acids is 1. The van der Waals surface area contributed by atoms with E-state index in [0.717, 1.165) is 35.2 Å². The minimum Gasteiger partial charge on any atom is -0.361 e. The van der Waals surface area contributed by atoms with Crippen LogP contribution in [-0.2, 0) is 10.5 Å². The molecule has 21 heavy (non-hydrogen) atoms. The molecule has 0 saturated heterocycles. The van der Waals surface area contributed by atoms with Crippen molar-refractivity contribution in [2.75, 3.05) is 11.1 Å². The van der Waals surface area contributed by atoms with Crippen LogP contribution in [0.1, 0.15) is 17.0 Å².